The van der Waals surface area contributed by atoms with Crippen LogP contribution in [-0.2, 0) is 17.8 Å². The number of nitrogens with two attached hydrogens (primary N) is 1. The molecule has 0 saturated heterocycles. The van der Waals surface area contributed by atoms with Crippen LogP contribution in [0, 0.1) is 5.92 Å². The first kappa shape index (κ1) is 21.5. The Morgan fingerprint density at radius 3 is 2.52 bits per heavy atom. The van der Waals surface area contributed by atoms with Gasteiger partial charge in [0.25, 0.3) is 0 Å². The van der Waals surface area contributed by atoms with Gasteiger partial charge in [0.05, 0.1) is 5.92 Å². The zero-order chi connectivity index (χ0) is 16.4. The number of hydrogen-bond acceptors (Lipinski definition) is 3. The third-order valence-corrected chi connectivity index (χ3v) is 4.62. The average molecular weight is 385 g/mol. The number of imidazole rings is 1. The molecule has 0 fully saturated rings. The Hall–Kier alpha value is -1.56. The summed E-state index contributed by atoms with van der Waals surface area (Å²) in [6.07, 6.45) is 5.54. The quantitative estimate of drug-likeness (QED) is 0.844. The standard InChI is InChI=1S/C18H24N4O.2ClH/c1-12(13(2)19)18(23)21-15-8-6-14(7-9-15)17-20-11-16-5-3-4-10-22(16)17;;/h6-9,11-13H,3-5,10,19H2,1-2H3,(H,21,23);2*1H. The number of carbonyl (C=O) groups is 1. The number of carbonyl (C=O) groups excluding carboxylic acids is 1. The number of fused-ring (bicyclic) bond motifs is 1. The lowest BCUT2D eigenvalue weighted by Gasteiger charge is -2.17. The monoisotopic (exact) mass is 384 g/mol. The molecule has 138 valence electrons. The van der Waals surface area contributed by atoms with Gasteiger partial charge in [-0.3, -0.25) is 4.79 Å². The Labute approximate surface area is 161 Å². The largest absolute Gasteiger partial charge is 0.328 e. The molecule has 0 aliphatic carbocycles. The first-order chi connectivity index (χ1) is 11.1. The number of amides is 1. The molecule has 1 aromatic carbocycles. The van der Waals surface area contributed by atoms with E-state index in [2.05, 4.69) is 14.9 Å². The lowest BCUT2D eigenvalue weighted by molar-refractivity contribution is -0.119. The van der Waals surface area contributed by atoms with Crippen LogP contribution in [0.4, 0.5) is 5.69 Å². The minimum atomic E-state index is -0.214. The Kier molecular flexibility index (Phi) is 7.93. The van der Waals surface area contributed by atoms with Gasteiger partial charge in [-0.1, -0.05) is 6.92 Å². The maximum absolute atomic E-state index is 12.1. The molecule has 2 atom stereocenters. The second-order valence-electron chi connectivity index (χ2n) is 6.40. The van der Waals surface area contributed by atoms with Gasteiger partial charge in [-0.15, -0.1) is 24.8 Å². The molecule has 2 unspecified atom stereocenters. The maximum atomic E-state index is 12.1. The van der Waals surface area contributed by atoms with Crippen molar-refractivity contribution in [2.75, 3.05) is 5.32 Å². The molecule has 1 aromatic heterocycles. The topological polar surface area (TPSA) is 72.9 Å². The number of aromatic nitrogens is 2. The number of halogens is 2. The van der Waals surface area contributed by atoms with E-state index in [0.29, 0.717) is 0 Å². The van der Waals surface area contributed by atoms with Crippen LogP contribution in [0.1, 0.15) is 32.4 Å². The second-order valence-corrected chi connectivity index (χ2v) is 6.40. The molecule has 3 rings (SSSR count). The molecule has 2 aromatic rings. The van der Waals surface area contributed by atoms with E-state index in [1.54, 1.807) is 0 Å². The molecule has 0 bridgehead atoms. The van der Waals surface area contributed by atoms with Gasteiger partial charge in [-0.25, -0.2) is 4.98 Å². The van der Waals surface area contributed by atoms with Crippen LogP contribution in [0.25, 0.3) is 11.4 Å². The van der Waals surface area contributed by atoms with Crippen molar-refractivity contribution < 1.29 is 4.79 Å². The van der Waals surface area contributed by atoms with E-state index in [1.807, 2.05) is 44.3 Å². The number of anilines is 1. The predicted octanol–water partition coefficient (Wildman–Crippen LogP) is 3.65. The van der Waals surface area contributed by atoms with E-state index in [4.69, 9.17) is 5.73 Å². The Morgan fingerprint density at radius 2 is 1.88 bits per heavy atom. The number of nitrogens with zero attached hydrogens (tertiary/aromatic N) is 2. The van der Waals surface area contributed by atoms with Gasteiger partial charge in [0.2, 0.25) is 5.91 Å². The maximum Gasteiger partial charge on any atom is 0.228 e. The van der Waals surface area contributed by atoms with Crippen molar-refractivity contribution in [3.63, 3.8) is 0 Å². The van der Waals surface area contributed by atoms with Gasteiger partial charge < -0.3 is 15.6 Å². The minimum Gasteiger partial charge on any atom is -0.328 e. The summed E-state index contributed by atoms with van der Waals surface area (Å²) < 4.78 is 2.30. The van der Waals surface area contributed by atoms with Crippen LogP contribution >= 0.6 is 24.8 Å². The molecular weight excluding hydrogens is 359 g/mol. The van der Waals surface area contributed by atoms with E-state index < -0.39 is 0 Å². The summed E-state index contributed by atoms with van der Waals surface area (Å²) in [5, 5.41) is 2.91. The van der Waals surface area contributed by atoms with Crippen molar-refractivity contribution >= 4 is 36.4 Å². The fraction of sp³-hybridized carbons (Fsp3) is 0.444. The second kappa shape index (κ2) is 9.22. The van der Waals surface area contributed by atoms with Crippen molar-refractivity contribution in [3.05, 3.63) is 36.2 Å². The first-order valence-corrected chi connectivity index (χ1v) is 8.27. The molecule has 7 heteroatoms. The molecule has 0 radical (unpaired) electrons. The third kappa shape index (κ3) is 4.75. The normalized spacial score (nSPS) is 15.2. The van der Waals surface area contributed by atoms with E-state index in [1.165, 1.54) is 18.5 Å². The zero-order valence-electron chi connectivity index (χ0n) is 14.6. The molecule has 25 heavy (non-hydrogen) atoms. The van der Waals surface area contributed by atoms with Gasteiger partial charge in [0.15, 0.2) is 0 Å². The highest BCUT2D eigenvalue weighted by molar-refractivity contribution is 5.92. The van der Waals surface area contributed by atoms with Crippen molar-refractivity contribution in [3.8, 4) is 11.4 Å². The number of aryl methyl sites for hydroxylation is 1. The predicted molar refractivity (Wildman–Crippen MR) is 107 cm³/mol. The van der Waals surface area contributed by atoms with Crippen molar-refractivity contribution in [1.29, 1.82) is 0 Å². The van der Waals surface area contributed by atoms with Crippen molar-refractivity contribution in [1.82, 2.24) is 9.55 Å². The molecule has 0 saturated carbocycles. The van der Waals surface area contributed by atoms with Crippen LogP contribution in [0.2, 0.25) is 0 Å². The Balaban J connectivity index is 0.00000156. The number of nitrogens with one attached hydrogen (secondary N) is 1. The van der Waals surface area contributed by atoms with Crippen LogP contribution in [0.3, 0.4) is 0 Å². The van der Waals surface area contributed by atoms with Gasteiger partial charge in [0, 0.05) is 35.7 Å². The van der Waals surface area contributed by atoms with E-state index >= 15 is 0 Å². The van der Waals surface area contributed by atoms with Gasteiger partial charge >= 0.3 is 0 Å². The molecule has 1 aliphatic rings. The highest BCUT2D eigenvalue weighted by Gasteiger charge is 2.18. The zero-order valence-corrected chi connectivity index (χ0v) is 16.2. The molecule has 2 heterocycles. The summed E-state index contributed by atoms with van der Waals surface area (Å²) >= 11 is 0. The Bertz CT molecular complexity index is 698. The van der Waals surface area contributed by atoms with E-state index in [-0.39, 0.29) is 42.7 Å². The lowest BCUT2D eigenvalue weighted by Crippen LogP contribution is -2.34. The molecule has 5 nitrogen and oxygen atoms in total. The van der Waals surface area contributed by atoms with Crippen LogP contribution in [0.5, 0.6) is 0 Å². The highest BCUT2D eigenvalue weighted by atomic mass is 35.5. The van der Waals surface area contributed by atoms with E-state index in [0.717, 1.165) is 30.0 Å². The van der Waals surface area contributed by atoms with Crippen molar-refractivity contribution in [2.24, 2.45) is 11.7 Å². The summed E-state index contributed by atoms with van der Waals surface area (Å²) in [6.45, 7) is 4.72. The Morgan fingerprint density at radius 1 is 1.20 bits per heavy atom. The third-order valence-electron chi connectivity index (χ3n) is 4.62. The smallest absolute Gasteiger partial charge is 0.228 e. The summed E-state index contributed by atoms with van der Waals surface area (Å²) in [4.78, 5) is 16.6. The van der Waals surface area contributed by atoms with Gasteiger partial charge in [-0.2, -0.15) is 0 Å². The number of benzene rings is 1. The molecule has 0 spiro atoms. The van der Waals surface area contributed by atoms with Gasteiger partial charge in [0.1, 0.15) is 5.82 Å². The molecule has 1 amide bonds. The fourth-order valence-corrected chi connectivity index (χ4v) is 2.86. The summed E-state index contributed by atoms with van der Waals surface area (Å²) in [7, 11) is 0. The summed E-state index contributed by atoms with van der Waals surface area (Å²) in [5.74, 6) is 0.751. The fourth-order valence-electron chi connectivity index (χ4n) is 2.86. The molecule has 1 aliphatic heterocycles. The molecular formula is C18H26Cl2N4O. The first-order valence-electron chi connectivity index (χ1n) is 8.27. The number of rotatable bonds is 4. The summed E-state index contributed by atoms with van der Waals surface area (Å²) in [6, 6.07) is 7.70. The van der Waals surface area contributed by atoms with Gasteiger partial charge in [-0.05, 0) is 50.5 Å². The summed E-state index contributed by atoms with van der Waals surface area (Å²) in [5.41, 5.74) is 8.95. The van der Waals surface area contributed by atoms with Crippen LogP contribution in [0.15, 0.2) is 30.5 Å². The minimum absolute atomic E-state index is 0. The highest BCUT2D eigenvalue weighted by Crippen LogP contribution is 2.25. The van der Waals surface area contributed by atoms with E-state index in [9.17, 15) is 4.79 Å². The van der Waals surface area contributed by atoms with Crippen LogP contribution < -0.4 is 11.1 Å². The van der Waals surface area contributed by atoms with Crippen molar-refractivity contribution in [2.45, 2.75) is 45.7 Å². The SMILES string of the molecule is CC(N)C(C)C(=O)Nc1ccc(-c2ncc3n2CCCC3)cc1.Cl.Cl. The average Bonchev–Trinajstić information content (AvgIpc) is 2.98. The molecule has 3 N–H and O–H groups in total. The van der Waals surface area contributed by atoms with Crippen LogP contribution in [-0.4, -0.2) is 21.5 Å². The lowest BCUT2D eigenvalue weighted by atomic mass is 10.0. The number of hydrogen-bond donors (Lipinski definition) is 2.